The molecule has 6 rings (SSSR count). The van der Waals surface area contributed by atoms with Crippen LogP contribution < -0.4 is 0 Å². The minimum Gasteiger partial charge on any atom is -0.316 e. The van der Waals surface area contributed by atoms with Crippen LogP contribution in [0.2, 0.25) is 0 Å². The molecule has 0 unspecified atom stereocenters. The normalized spacial score (nSPS) is 12.3. The van der Waals surface area contributed by atoms with Gasteiger partial charge in [0.05, 0.1) is 0 Å². The number of hydrogen-bond acceptors (Lipinski definition) is 0. The predicted octanol–water partition coefficient (Wildman–Crippen LogP) is 7.87. The zero-order chi connectivity index (χ0) is 21.1. The largest absolute Gasteiger partial charge is 0.316 e. The van der Waals surface area contributed by atoms with Crippen molar-refractivity contribution in [1.29, 1.82) is 0 Å². The van der Waals surface area contributed by atoms with Gasteiger partial charge in [0.1, 0.15) is 0 Å². The Labute approximate surface area is 181 Å². The van der Waals surface area contributed by atoms with E-state index in [1.54, 1.807) is 0 Å². The second-order valence-electron chi connectivity index (χ2n) is 7.31. The Morgan fingerprint density at radius 1 is 0.533 bits per heavy atom. The average Bonchev–Trinajstić information content (AvgIpc) is 3.36. The van der Waals surface area contributed by atoms with E-state index in [-0.39, 0.29) is 0 Å². The van der Waals surface area contributed by atoms with E-state index in [0.29, 0.717) is 0 Å². The van der Waals surface area contributed by atoms with Crippen molar-refractivity contribution in [2.75, 3.05) is 0 Å². The quantitative estimate of drug-likeness (QED) is 0.273. The van der Waals surface area contributed by atoms with Gasteiger partial charge in [-0.2, -0.15) is 0 Å². The minimum atomic E-state index is 1.02. The summed E-state index contributed by atoms with van der Waals surface area (Å²) < 4.78 is 2.54. The third kappa shape index (κ3) is 3.10. The molecule has 1 aromatic heterocycles. The summed E-state index contributed by atoms with van der Waals surface area (Å²) in [6.45, 7) is 8.00. The highest BCUT2D eigenvalue weighted by Crippen LogP contribution is 2.50. The molecule has 4 aromatic rings. The predicted molar refractivity (Wildman–Crippen MR) is 130 cm³/mol. The van der Waals surface area contributed by atoms with E-state index >= 15 is 0 Å². The Balaban J connectivity index is 0.000000516. The molecule has 1 heteroatoms. The van der Waals surface area contributed by atoms with Gasteiger partial charge in [0.15, 0.2) is 0 Å². The Hall–Kier alpha value is -3.06. The lowest BCUT2D eigenvalue weighted by Crippen LogP contribution is -2.10. The number of nitrogens with zero attached hydrogens (tertiary/aromatic N) is 1. The molecule has 0 spiro atoms. The van der Waals surface area contributed by atoms with Crippen molar-refractivity contribution >= 4 is 0 Å². The molecule has 0 bridgehead atoms. The number of fused-ring (bicyclic) bond motifs is 7. The fourth-order valence-electron chi connectivity index (χ4n) is 4.88. The summed E-state index contributed by atoms with van der Waals surface area (Å²) in [4.78, 5) is 0. The van der Waals surface area contributed by atoms with Crippen LogP contribution in [-0.2, 0) is 19.3 Å². The molecular weight excluding hydrogens is 362 g/mol. The highest BCUT2D eigenvalue weighted by molar-refractivity contribution is 5.94. The molecule has 0 amide bonds. The first-order valence-electron chi connectivity index (χ1n) is 11.4. The van der Waals surface area contributed by atoms with Gasteiger partial charge in [-0.15, -0.1) is 0 Å². The van der Waals surface area contributed by atoms with Crippen molar-refractivity contribution in [2.45, 2.75) is 47.0 Å². The van der Waals surface area contributed by atoms with Crippen LogP contribution in [0.1, 0.15) is 50.2 Å². The lowest BCUT2D eigenvalue weighted by Gasteiger charge is -2.21. The standard InChI is InChI=1S/C25H19N.2C2H6/c1-2-10-19(11-3-1)26-22-15-14-17-8-4-6-12-20(17)24(22)25-21-13-7-5-9-18(21)16-23(25)26;2*1-2/h1-13H,14-16H2;2*1-2H3. The van der Waals surface area contributed by atoms with Crippen LogP contribution in [0.3, 0.4) is 0 Å². The summed E-state index contributed by atoms with van der Waals surface area (Å²) in [5.41, 5.74) is 12.9. The lowest BCUT2D eigenvalue weighted by atomic mass is 9.86. The van der Waals surface area contributed by atoms with Gasteiger partial charge in [-0.25, -0.2) is 0 Å². The van der Waals surface area contributed by atoms with Crippen molar-refractivity contribution in [3.05, 3.63) is 101 Å². The summed E-state index contributed by atoms with van der Waals surface area (Å²) >= 11 is 0. The summed E-state index contributed by atoms with van der Waals surface area (Å²) in [6, 6.07) is 28.8. The first-order chi connectivity index (χ1) is 14.9. The van der Waals surface area contributed by atoms with Gasteiger partial charge in [0.2, 0.25) is 0 Å². The van der Waals surface area contributed by atoms with E-state index in [1.807, 2.05) is 27.7 Å². The fraction of sp³-hybridized carbons (Fsp3) is 0.241. The second kappa shape index (κ2) is 8.75. The maximum Gasteiger partial charge on any atom is 0.0455 e. The molecule has 30 heavy (non-hydrogen) atoms. The highest BCUT2D eigenvalue weighted by Gasteiger charge is 2.33. The van der Waals surface area contributed by atoms with Gasteiger partial charge in [-0.1, -0.05) is 94.4 Å². The maximum absolute atomic E-state index is 2.54. The number of hydrogen-bond donors (Lipinski definition) is 0. The number of rotatable bonds is 1. The second-order valence-corrected chi connectivity index (χ2v) is 7.31. The van der Waals surface area contributed by atoms with Crippen LogP contribution in [0, 0.1) is 0 Å². The Bertz CT molecular complexity index is 1150. The van der Waals surface area contributed by atoms with Crippen LogP contribution in [0.5, 0.6) is 0 Å². The fourth-order valence-corrected chi connectivity index (χ4v) is 4.88. The minimum absolute atomic E-state index is 1.02. The molecule has 0 N–H and O–H groups in total. The smallest absolute Gasteiger partial charge is 0.0455 e. The zero-order valence-corrected chi connectivity index (χ0v) is 18.6. The van der Waals surface area contributed by atoms with Gasteiger partial charge < -0.3 is 4.57 Å². The third-order valence-corrected chi connectivity index (χ3v) is 5.94. The molecule has 0 radical (unpaired) electrons. The molecule has 0 atom stereocenters. The molecule has 2 aliphatic carbocycles. The third-order valence-electron chi connectivity index (χ3n) is 5.94. The van der Waals surface area contributed by atoms with E-state index in [2.05, 4.69) is 83.4 Å². The Morgan fingerprint density at radius 3 is 1.77 bits per heavy atom. The monoisotopic (exact) mass is 393 g/mol. The average molecular weight is 394 g/mol. The summed E-state index contributed by atoms with van der Waals surface area (Å²) in [5.74, 6) is 0. The summed E-state index contributed by atoms with van der Waals surface area (Å²) in [6.07, 6.45) is 3.26. The van der Waals surface area contributed by atoms with Crippen LogP contribution in [0.4, 0.5) is 0 Å². The maximum atomic E-state index is 2.54. The van der Waals surface area contributed by atoms with Crippen LogP contribution >= 0.6 is 0 Å². The summed E-state index contributed by atoms with van der Waals surface area (Å²) in [7, 11) is 0. The van der Waals surface area contributed by atoms with Gasteiger partial charge in [0.25, 0.3) is 0 Å². The van der Waals surface area contributed by atoms with Gasteiger partial charge in [-0.05, 0) is 47.2 Å². The molecule has 2 aliphatic rings. The van der Waals surface area contributed by atoms with E-state index in [0.717, 1.165) is 19.3 Å². The number of para-hydroxylation sites is 1. The molecule has 0 fully saturated rings. The Morgan fingerprint density at radius 2 is 1.07 bits per heavy atom. The highest BCUT2D eigenvalue weighted by atomic mass is 15.0. The van der Waals surface area contributed by atoms with E-state index in [4.69, 9.17) is 0 Å². The van der Waals surface area contributed by atoms with Crippen LogP contribution in [0.15, 0.2) is 78.9 Å². The van der Waals surface area contributed by atoms with Gasteiger partial charge in [0, 0.05) is 34.6 Å². The van der Waals surface area contributed by atoms with Crippen molar-refractivity contribution in [1.82, 2.24) is 4.57 Å². The zero-order valence-electron chi connectivity index (χ0n) is 18.6. The first kappa shape index (κ1) is 20.2. The number of aryl methyl sites for hydroxylation is 1. The lowest BCUT2D eigenvalue weighted by molar-refractivity contribution is 0.830. The van der Waals surface area contributed by atoms with Crippen molar-refractivity contribution < 1.29 is 0 Å². The van der Waals surface area contributed by atoms with Gasteiger partial charge in [-0.3, -0.25) is 0 Å². The molecule has 0 saturated heterocycles. The van der Waals surface area contributed by atoms with Crippen molar-refractivity contribution in [2.24, 2.45) is 0 Å². The van der Waals surface area contributed by atoms with Crippen molar-refractivity contribution in [3.8, 4) is 27.9 Å². The number of aromatic nitrogens is 1. The summed E-state index contributed by atoms with van der Waals surface area (Å²) in [5, 5.41) is 0. The number of benzene rings is 3. The molecule has 0 aliphatic heterocycles. The first-order valence-corrected chi connectivity index (χ1v) is 11.4. The van der Waals surface area contributed by atoms with Crippen LogP contribution in [-0.4, -0.2) is 4.57 Å². The molecule has 3 aromatic carbocycles. The SMILES string of the molecule is CC.CC.c1ccc(-n2c3c(c4c2Cc2ccccc2-4)-c2ccccc2CC3)cc1. The molecule has 1 nitrogen and oxygen atoms in total. The van der Waals surface area contributed by atoms with E-state index in [9.17, 15) is 0 Å². The van der Waals surface area contributed by atoms with Crippen molar-refractivity contribution in [3.63, 3.8) is 0 Å². The van der Waals surface area contributed by atoms with Crippen LogP contribution in [0.25, 0.3) is 27.9 Å². The topological polar surface area (TPSA) is 4.93 Å². The molecule has 0 saturated carbocycles. The van der Waals surface area contributed by atoms with E-state index < -0.39 is 0 Å². The Kier molecular flexibility index (Phi) is 5.90. The van der Waals surface area contributed by atoms with E-state index in [1.165, 1.54) is 50.5 Å². The molecular formula is C29H31N. The molecule has 1 heterocycles. The van der Waals surface area contributed by atoms with Gasteiger partial charge >= 0.3 is 0 Å². The molecule has 152 valence electrons.